The van der Waals surface area contributed by atoms with Gasteiger partial charge in [-0.25, -0.2) is 4.79 Å². The molecule has 1 fully saturated rings. The van der Waals surface area contributed by atoms with Crippen LogP contribution in [0.25, 0.3) is 0 Å². The molecule has 0 atom stereocenters. The molecule has 0 radical (unpaired) electrons. The fraction of sp³-hybridized carbons (Fsp3) is 0.600. The van der Waals surface area contributed by atoms with Gasteiger partial charge in [0, 0.05) is 6.54 Å². The van der Waals surface area contributed by atoms with Gasteiger partial charge in [0.15, 0.2) is 0 Å². The van der Waals surface area contributed by atoms with Crippen LogP contribution < -0.4 is 0 Å². The first kappa shape index (κ1) is 11.6. The molecular weight excluding hydrogens is 226 g/mol. The number of nitrogens with zero attached hydrogens (tertiary/aromatic N) is 3. The van der Waals surface area contributed by atoms with Crippen molar-refractivity contribution in [2.24, 2.45) is 5.92 Å². The van der Waals surface area contributed by atoms with Gasteiger partial charge in [0.05, 0.1) is 4.92 Å². The fourth-order valence-corrected chi connectivity index (χ4v) is 2.25. The predicted octanol–water partition coefficient (Wildman–Crippen LogP) is 1.68. The minimum Gasteiger partial charge on any atom is -0.476 e. The van der Waals surface area contributed by atoms with Gasteiger partial charge in [-0.2, -0.15) is 5.10 Å². The normalized spacial score (nSPS) is 16.2. The lowest BCUT2D eigenvalue weighted by Crippen LogP contribution is -2.09. The van der Waals surface area contributed by atoms with E-state index < -0.39 is 22.3 Å². The van der Waals surface area contributed by atoms with Crippen molar-refractivity contribution in [3.8, 4) is 0 Å². The number of carboxylic acids is 1. The number of aromatic nitrogens is 2. The summed E-state index contributed by atoms with van der Waals surface area (Å²) < 4.78 is 1.39. The second kappa shape index (κ2) is 4.52. The summed E-state index contributed by atoms with van der Waals surface area (Å²) in [6, 6.07) is 0. The second-order valence-electron chi connectivity index (χ2n) is 4.30. The van der Waals surface area contributed by atoms with Gasteiger partial charge in [-0.3, -0.25) is 14.8 Å². The zero-order valence-corrected chi connectivity index (χ0v) is 9.20. The van der Waals surface area contributed by atoms with E-state index in [4.69, 9.17) is 5.11 Å². The summed E-state index contributed by atoms with van der Waals surface area (Å²) in [5.74, 6) is -0.905. The molecule has 92 valence electrons. The Morgan fingerprint density at radius 3 is 2.71 bits per heavy atom. The largest absolute Gasteiger partial charge is 0.476 e. The summed E-state index contributed by atoms with van der Waals surface area (Å²) in [5.41, 5.74) is -0.913. The number of carbonyl (C=O) groups is 1. The van der Waals surface area contributed by atoms with Crippen LogP contribution in [0.15, 0.2) is 6.20 Å². The molecule has 1 N–H and O–H groups in total. The standard InChI is InChI=1S/C10H13N3O4/c14-10(15)9-8(13(16)17)6-12(11-9)5-7-3-1-2-4-7/h6-7H,1-5H2,(H,14,15). The molecule has 0 saturated heterocycles. The van der Waals surface area contributed by atoms with E-state index in [0.29, 0.717) is 12.5 Å². The Bertz CT molecular complexity index is 417. The van der Waals surface area contributed by atoms with E-state index in [1.807, 2.05) is 0 Å². The molecule has 2 rings (SSSR count). The van der Waals surface area contributed by atoms with Crippen LogP contribution in [0.1, 0.15) is 36.2 Å². The molecule has 1 aliphatic carbocycles. The van der Waals surface area contributed by atoms with E-state index in [2.05, 4.69) is 5.10 Å². The van der Waals surface area contributed by atoms with Crippen LogP contribution in [0.2, 0.25) is 0 Å². The number of carboxylic acid groups (broad SMARTS) is 1. The van der Waals surface area contributed by atoms with Gasteiger partial charge >= 0.3 is 11.7 Å². The highest BCUT2D eigenvalue weighted by atomic mass is 16.6. The van der Waals surface area contributed by atoms with Crippen LogP contribution >= 0.6 is 0 Å². The van der Waals surface area contributed by atoms with Gasteiger partial charge in [-0.1, -0.05) is 12.8 Å². The summed E-state index contributed by atoms with van der Waals surface area (Å²) in [7, 11) is 0. The molecule has 7 heteroatoms. The Kier molecular flexibility index (Phi) is 3.08. The van der Waals surface area contributed by atoms with Crippen molar-refractivity contribution in [3.05, 3.63) is 22.0 Å². The maximum atomic E-state index is 10.8. The van der Waals surface area contributed by atoms with Crippen molar-refractivity contribution in [2.45, 2.75) is 32.2 Å². The third-order valence-electron chi connectivity index (χ3n) is 3.06. The number of nitro groups is 1. The molecule has 0 bridgehead atoms. The lowest BCUT2D eigenvalue weighted by Gasteiger charge is -2.07. The first-order valence-corrected chi connectivity index (χ1v) is 5.53. The zero-order valence-electron chi connectivity index (χ0n) is 9.20. The van der Waals surface area contributed by atoms with Gasteiger partial charge in [0.2, 0.25) is 5.69 Å². The van der Waals surface area contributed by atoms with Gasteiger partial charge < -0.3 is 5.11 Å². The summed E-state index contributed by atoms with van der Waals surface area (Å²) in [5, 5.41) is 23.2. The number of aromatic carboxylic acids is 1. The minimum absolute atomic E-state index is 0.435. The molecule has 0 unspecified atom stereocenters. The maximum Gasteiger partial charge on any atom is 0.363 e. The lowest BCUT2D eigenvalue weighted by atomic mass is 10.1. The summed E-state index contributed by atoms with van der Waals surface area (Å²) in [4.78, 5) is 20.8. The molecule has 0 aromatic carbocycles. The topological polar surface area (TPSA) is 98.3 Å². The maximum absolute atomic E-state index is 10.8. The van der Waals surface area contributed by atoms with Gasteiger partial charge in [0.1, 0.15) is 6.20 Å². The number of rotatable bonds is 4. The quantitative estimate of drug-likeness (QED) is 0.636. The molecular formula is C10H13N3O4. The Morgan fingerprint density at radius 2 is 2.24 bits per heavy atom. The minimum atomic E-state index is -1.36. The number of hydrogen-bond donors (Lipinski definition) is 1. The number of hydrogen-bond acceptors (Lipinski definition) is 4. The van der Waals surface area contributed by atoms with E-state index in [9.17, 15) is 14.9 Å². The van der Waals surface area contributed by atoms with Crippen LogP contribution in [0.5, 0.6) is 0 Å². The molecule has 1 aromatic rings. The SMILES string of the molecule is O=C(O)c1nn(CC2CCCC2)cc1[N+](=O)[O-]. The fourth-order valence-electron chi connectivity index (χ4n) is 2.25. The van der Waals surface area contributed by atoms with Crippen molar-refractivity contribution < 1.29 is 14.8 Å². The molecule has 1 aromatic heterocycles. The summed E-state index contributed by atoms with van der Waals surface area (Å²) in [6.45, 7) is 0.564. The van der Waals surface area contributed by atoms with Crippen molar-refractivity contribution in [1.29, 1.82) is 0 Å². The Balaban J connectivity index is 2.20. The molecule has 0 spiro atoms. The average Bonchev–Trinajstić information content (AvgIpc) is 2.86. The molecule has 1 aliphatic rings. The van der Waals surface area contributed by atoms with Crippen molar-refractivity contribution in [3.63, 3.8) is 0 Å². The van der Waals surface area contributed by atoms with E-state index >= 15 is 0 Å². The van der Waals surface area contributed by atoms with E-state index in [0.717, 1.165) is 12.8 Å². The van der Waals surface area contributed by atoms with Crippen molar-refractivity contribution >= 4 is 11.7 Å². The van der Waals surface area contributed by atoms with Crippen LogP contribution in [0.4, 0.5) is 5.69 Å². The van der Waals surface area contributed by atoms with Crippen molar-refractivity contribution in [2.75, 3.05) is 0 Å². The van der Waals surface area contributed by atoms with E-state index in [1.54, 1.807) is 0 Å². The molecule has 0 aliphatic heterocycles. The summed E-state index contributed by atoms with van der Waals surface area (Å²) >= 11 is 0. The molecule has 1 heterocycles. The second-order valence-corrected chi connectivity index (χ2v) is 4.30. The third kappa shape index (κ3) is 2.43. The molecule has 0 amide bonds. The Morgan fingerprint density at radius 1 is 1.59 bits per heavy atom. The average molecular weight is 239 g/mol. The summed E-state index contributed by atoms with van der Waals surface area (Å²) in [6.07, 6.45) is 5.70. The third-order valence-corrected chi connectivity index (χ3v) is 3.06. The molecule has 7 nitrogen and oxygen atoms in total. The Labute approximate surface area is 97.2 Å². The van der Waals surface area contributed by atoms with Crippen LogP contribution in [-0.2, 0) is 6.54 Å². The van der Waals surface area contributed by atoms with Crippen LogP contribution in [-0.4, -0.2) is 25.8 Å². The predicted molar refractivity (Wildman–Crippen MR) is 57.8 cm³/mol. The highest BCUT2D eigenvalue weighted by Gasteiger charge is 2.26. The zero-order chi connectivity index (χ0) is 12.4. The van der Waals surface area contributed by atoms with E-state index in [-0.39, 0.29) is 0 Å². The Hall–Kier alpha value is -1.92. The van der Waals surface area contributed by atoms with Gasteiger partial charge in [-0.15, -0.1) is 0 Å². The van der Waals surface area contributed by atoms with Crippen LogP contribution in [0, 0.1) is 16.0 Å². The highest BCUT2D eigenvalue weighted by Crippen LogP contribution is 2.27. The smallest absolute Gasteiger partial charge is 0.363 e. The van der Waals surface area contributed by atoms with Gasteiger partial charge in [0.25, 0.3) is 0 Å². The monoisotopic (exact) mass is 239 g/mol. The van der Waals surface area contributed by atoms with E-state index in [1.165, 1.54) is 23.7 Å². The lowest BCUT2D eigenvalue weighted by molar-refractivity contribution is -0.385. The van der Waals surface area contributed by atoms with Crippen LogP contribution in [0.3, 0.4) is 0 Å². The molecule has 17 heavy (non-hydrogen) atoms. The molecule has 1 saturated carbocycles. The van der Waals surface area contributed by atoms with Gasteiger partial charge in [-0.05, 0) is 18.8 Å². The van der Waals surface area contributed by atoms with Crippen molar-refractivity contribution in [1.82, 2.24) is 9.78 Å². The first-order valence-electron chi connectivity index (χ1n) is 5.53. The highest BCUT2D eigenvalue weighted by molar-refractivity contribution is 5.89. The first-order chi connectivity index (χ1) is 8.08.